The lowest BCUT2D eigenvalue weighted by molar-refractivity contribution is 0.412. The topological polar surface area (TPSA) is 50.4 Å². The number of hydrazone groups is 1. The molecule has 4 nitrogen and oxygen atoms in total. The molecular formula is C13H15N3O. The minimum absolute atomic E-state index is 0.837. The highest BCUT2D eigenvalue weighted by atomic mass is 16.5. The van der Waals surface area contributed by atoms with Gasteiger partial charge in [-0.25, -0.2) is 0 Å². The summed E-state index contributed by atoms with van der Waals surface area (Å²) in [5.41, 5.74) is 6.72. The molecule has 0 atom stereocenters. The number of rotatable bonds is 4. The number of aryl methyl sites for hydroxylation is 1. The molecule has 88 valence electrons. The lowest BCUT2D eigenvalue weighted by Crippen LogP contribution is -2.01. The fraction of sp³-hybridized carbons (Fsp3) is 0.231. The number of hydrogen-bond donors (Lipinski definition) is 1. The van der Waals surface area contributed by atoms with Crippen LogP contribution in [0.4, 0.5) is 5.69 Å². The van der Waals surface area contributed by atoms with Crippen molar-refractivity contribution in [2.24, 2.45) is 5.10 Å². The predicted octanol–water partition coefficient (Wildman–Crippen LogP) is 3.07. The monoisotopic (exact) mass is 229 g/mol. The Morgan fingerprint density at radius 1 is 1.35 bits per heavy atom. The molecule has 0 spiro atoms. The molecular weight excluding hydrogens is 214 g/mol. The molecule has 0 aliphatic rings. The zero-order valence-electron chi connectivity index (χ0n) is 9.97. The van der Waals surface area contributed by atoms with Gasteiger partial charge in [-0.1, -0.05) is 30.3 Å². The molecule has 1 heterocycles. The summed E-state index contributed by atoms with van der Waals surface area (Å²) in [6, 6.07) is 9.82. The van der Waals surface area contributed by atoms with Crippen molar-refractivity contribution < 1.29 is 4.52 Å². The van der Waals surface area contributed by atoms with Crippen LogP contribution in [0, 0.1) is 0 Å². The minimum atomic E-state index is 0.837. The minimum Gasteiger partial charge on any atom is -0.364 e. The van der Waals surface area contributed by atoms with Gasteiger partial charge in [-0.2, -0.15) is 5.10 Å². The highest BCUT2D eigenvalue weighted by Crippen LogP contribution is 2.10. The van der Waals surface area contributed by atoms with E-state index in [4.69, 9.17) is 4.52 Å². The van der Waals surface area contributed by atoms with Crippen LogP contribution in [0.5, 0.6) is 0 Å². The van der Waals surface area contributed by atoms with Crippen molar-refractivity contribution in [2.75, 3.05) is 5.43 Å². The number of hydrogen-bond acceptors (Lipinski definition) is 4. The van der Waals surface area contributed by atoms with Gasteiger partial charge in [0.2, 0.25) is 0 Å². The Morgan fingerprint density at radius 2 is 2.12 bits per heavy atom. The molecule has 0 aliphatic carbocycles. The van der Waals surface area contributed by atoms with Crippen molar-refractivity contribution in [2.45, 2.75) is 20.3 Å². The van der Waals surface area contributed by atoms with Gasteiger partial charge in [-0.3, -0.25) is 5.43 Å². The third-order valence-corrected chi connectivity index (χ3v) is 2.50. The van der Waals surface area contributed by atoms with Gasteiger partial charge in [0.25, 0.3) is 0 Å². The quantitative estimate of drug-likeness (QED) is 0.647. The van der Waals surface area contributed by atoms with E-state index in [1.807, 2.05) is 44.2 Å². The van der Waals surface area contributed by atoms with E-state index in [2.05, 4.69) is 15.7 Å². The average Bonchev–Trinajstić information content (AvgIpc) is 2.85. The summed E-state index contributed by atoms with van der Waals surface area (Å²) in [6.07, 6.45) is 2.47. The van der Waals surface area contributed by atoms with E-state index in [-0.39, 0.29) is 0 Å². The summed E-state index contributed by atoms with van der Waals surface area (Å²) in [6.45, 7) is 3.97. The normalized spacial score (nSPS) is 11.5. The molecule has 1 aromatic heterocycles. The maximum atomic E-state index is 4.95. The molecule has 0 amide bonds. The Bertz CT molecular complexity index is 502. The molecule has 0 unspecified atom stereocenters. The highest BCUT2D eigenvalue weighted by Gasteiger charge is 2.08. The van der Waals surface area contributed by atoms with Gasteiger partial charge in [0.15, 0.2) is 0 Å². The van der Waals surface area contributed by atoms with Gasteiger partial charge in [0, 0.05) is 0 Å². The van der Waals surface area contributed by atoms with Crippen LogP contribution in [0.15, 0.2) is 46.2 Å². The molecule has 17 heavy (non-hydrogen) atoms. The molecule has 2 rings (SSSR count). The summed E-state index contributed by atoms with van der Waals surface area (Å²) >= 11 is 0. The largest absolute Gasteiger partial charge is 0.364 e. The second kappa shape index (κ2) is 5.30. The standard InChI is InChI=1S/C13H15N3O/c1-3-13-12(9-17-16-13)10(2)14-15-11-7-5-4-6-8-11/h4-9,15H,3H2,1-2H3. The smallest absolute Gasteiger partial charge is 0.133 e. The van der Waals surface area contributed by atoms with Crippen molar-refractivity contribution in [3.8, 4) is 0 Å². The average molecular weight is 229 g/mol. The number of nitrogens with zero attached hydrogens (tertiary/aromatic N) is 2. The molecule has 0 bridgehead atoms. The number of para-hydroxylation sites is 1. The van der Waals surface area contributed by atoms with Crippen LogP contribution in [0.2, 0.25) is 0 Å². The maximum Gasteiger partial charge on any atom is 0.133 e. The molecule has 1 N–H and O–H groups in total. The van der Waals surface area contributed by atoms with Crippen molar-refractivity contribution in [1.82, 2.24) is 5.16 Å². The Kier molecular flexibility index (Phi) is 3.55. The molecule has 4 heteroatoms. The van der Waals surface area contributed by atoms with Crippen LogP contribution in [0.3, 0.4) is 0 Å². The van der Waals surface area contributed by atoms with Gasteiger partial charge in [0.05, 0.1) is 22.7 Å². The fourth-order valence-electron chi connectivity index (χ4n) is 1.53. The summed E-state index contributed by atoms with van der Waals surface area (Å²) in [5, 5.41) is 8.24. The zero-order chi connectivity index (χ0) is 12.1. The first kappa shape index (κ1) is 11.4. The highest BCUT2D eigenvalue weighted by molar-refractivity contribution is 5.99. The third-order valence-electron chi connectivity index (χ3n) is 2.50. The molecule has 0 aliphatic heterocycles. The van der Waals surface area contributed by atoms with Crippen molar-refractivity contribution >= 4 is 11.4 Å². The van der Waals surface area contributed by atoms with E-state index in [0.717, 1.165) is 29.1 Å². The van der Waals surface area contributed by atoms with Gasteiger partial charge in [-0.05, 0) is 25.5 Å². The first-order valence-corrected chi connectivity index (χ1v) is 5.60. The SMILES string of the molecule is CCc1nocc1C(C)=NNc1ccccc1. The van der Waals surface area contributed by atoms with Gasteiger partial charge >= 0.3 is 0 Å². The van der Waals surface area contributed by atoms with Gasteiger partial charge < -0.3 is 4.52 Å². The van der Waals surface area contributed by atoms with Crippen molar-refractivity contribution in [3.63, 3.8) is 0 Å². The molecule has 1 aromatic carbocycles. The van der Waals surface area contributed by atoms with E-state index in [0.29, 0.717) is 0 Å². The lowest BCUT2D eigenvalue weighted by Gasteiger charge is -2.02. The van der Waals surface area contributed by atoms with Crippen LogP contribution >= 0.6 is 0 Å². The van der Waals surface area contributed by atoms with Crippen LogP contribution in [0.25, 0.3) is 0 Å². The first-order chi connectivity index (χ1) is 8.31. The van der Waals surface area contributed by atoms with E-state index in [1.165, 1.54) is 0 Å². The Morgan fingerprint density at radius 3 is 2.82 bits per heavy atom. The van der Waals surface area contributed by atoms with Crippen LogP contribution in [-0.4, -0.2) is 10.9 Å². The van der Waals surface area contributed by atoms with E-state index in [9.17, 15) is 0 Å². The molecule has 0 radical (unpaired) electrons. The van der Waals surface area contributed by atoms with Crippen LogP contribution in [-0.2, 0) is 6.42 Å². The summed E-state index contributed by atoms with van der Waals surface area (Å²) in [4.78, 5) is 0. The molecule has 0 saturated heterocycles. The van der Waals surface area contributed by atoms with E-state index >= 15 is 0 Å². The number of aromatic nitrogens is 1. The zero-order valence-corrected chi connectivity index (χ0v) is 9.97. The Labute approximate surface area is 100 Å². The predicted molar refractivity (Wildman–Crippen MR) is 68.2 cm³/mol. The summed E-state index contributed by atoms with van der Waals surface area (Å²) in [5.74, 6) is 0. The Hall–Kier alpha value is -2.10. The van der Waals surface area contributed by atoms with E-state index < -0.39 is 0 Å². The number of nitrogens with one attached hydrogen (secondary N) is 1. The van der Waals surface area contributed by atoms with Crippen molar-refractivity contribution in [1.29, 1.82) is 0 Å². The number of benzene rings is 1. The van der Waals surface area contributed by atoms with E-state index in [1.54, 1.807) is 6.26 Å². The fourth-order valence-corrected chi connectivity index (χ4v) is 1.53. The van der Waals surface area contributed by atoms with Crippen molar-refractivity contribution in [3.05, 3.63) is 47.9 Å². The number of anilines is 1. The first-order valence-electron chi connectivity index (χ1n) is 5.60. The lowest BCUT2D eigenvalue weighted by atomic mass is 10.1. The molecule has 2 aromatic rings. The van der Waals surface area contributed by atoms with Gasteiger partial charge in [-0.15, -0.1) is 0 Å². The molecule has 0 saturated carbocycles. The second-order valence-corrected chi connectivity index (χ2v) is 3.70. The maximum absolute atomic E-state index is 4.95. The van der Waals surface area contributed by atoms with Crippen LogP contribution < -0.4 is 5.43 Å². The summed E-state index contributed by atoms with van der Waals surface area (Å²) in [7, 11) is 0. The second-order valence-electron chi connectivity index (χ2n) is 3.70. The third kappa shape index (κ3) is 2.72. The Balaban J connectivity index is 2.12. The van der Waals surface area contributed by atoms with Gasteiger partial charge in [0.1, 0.15) is 6.26 Å². The summed E-state index contributed by atoms with van der Waals surface area (Å²) < 4.78 is 4.95. The molecule has 0 fully saturated rings. The van der Waals surface area contributed by atoms with Crippen LogP contribution in [0.1, 0.15) is 25.1 Å².